The first-order chi connectivity index (χ1) is 13.0. The van der Waals surface area contributed by atoms with E-state index in [1.807, 2.05) is 25.1 Å². The maximum absolute atomic E-state index is 12.3. The van der Waals surface area contributed by atoms with Crippen LogP contribution in [0.5, 0.6) is 5.75 Å². The van der Waals surface area contributed by atoms with Crippen LogP contribution in [0, 0.1) is 6.92 Å². The van der Waals surface area contributed by atoms with Crippen molar-refractivity contribution in [3.05, 3.63) is 83.4 Å². The van der Waals surface area contributed by atoms with E-state index in [4.69, 9.17) is 10.5 Å². The van der Waals surface area contributed by atoms with Gasteiger partial charge >= 0.3 is 0 Å². The zero-order valence-corrected chi connectivity index (χ0v) is 14.7. The normalized spacial score (nSPS) is 10.3. The van der Waals surface area contributed by atoms with Crippen LogP contribution in [-0.2, 0) is 6.61 Å². The fourth-order valence-corrected chi connectivity index (χ4v) is 2.40. The third kappa shape index (κ3) is 4.66. The summed E-state index contributed by atoms with van der Waals surface area (Å²) >= 11 is 0. The third-order valence-corrected chi connectivity index (χ3v) is 3.92. The van der Waals surface area contributed by atoms with Gasteiger partial charge in [-0.1, -0.05) is 6.07 Å². The van der Waals surface area contributed by atoms with Gasteiger partial charge < -0.3 is 15.8 Å². The number of nitrogens with two attached hydrogens (primary N) is 1. The first kappa shape index (κ1) is 18.1. The number of benzene rings is 1. The lowest BCUT2D eigenvalue weighted by molar-refractivity contribution is 0.0997. The molecule has 0 unspecified atom stereocenters. The van der Waals surface area contributed by atoms with Crippen molar-refractivity contribution >= 4 is 17.5 Å². The minimum Gasteiger partial charge on any atom is -0.487 e. The van der Waals surface area contributed by atoms with Gasteiger partial charge in [-0.15, -0.1) is 0 Å². The van der Waals surface area contributed by atoms with E-state index in [1.165, 1.54) is 18.6 Å². The number of rotatable bonds is 6. The number of amides is 2. The Balaban J connectivity index is 1.71. The standard InChI is InChI=1S/C20H18N4O3/c1-13-4-5-17(24-20(26)14-3-2-6-22-9-14)7-16(13)12-27-18-8-15(19(21)25)10-23-11-18/h2-11H,12H2,1H3,(H2,21,25)(H,24,26). The van der Waals surface area contributed by atoms with Crippen LogP contribution in [0.3, 0.4) is 0 Å². The van der Waals surface area contributed by atoms with Crippen molar-refractivity contribution in [3.8, 4) is 5.75 Å². The summed E-state index contributed by atoms with van der Waals surface area (Å²) in [5.41, 5.74) is 8.56. The third-order valence-electron chi connectivity index (χ3n) is 3.92. The summed E-state index contributed by atoms with van der Waals surface area (Å²) in [6.07, 6.45) is 6.01. The first-order valence-corrected chi connectivity index (χ1v) is 8.21. The van der Waals surface area contributed by atoms with Crippen LogP contribution >= 0.6 is 0 Å². The van der Waals surface area contributed by atoms with Gasteiger partial charge in [0.1, 0.15) is 12.4 Å². The van der Waals surface area contributed by atoms with E-state index in [2.05, 4.69) is 15.3 Å². The molecule has 7 heteroatoms. The largest absolute Gasteiger partial charge is 0.487 e. The summed E-state index contributed by atoms with van der Waals surface area (Å²) in [4.78, 5) is 31.4. The highest BCUT2D eigenvalue weighted by atomic mass is 16.5. The molecule has 0 atom stereocenters. The molecule has 27 heavy (non-hydrogen) atoms. The smallest absolute Gasteiger partial charge is 0.257 e. The van der Waals surface area contributed by atoms with E-state index in [-0.39, 0.29) is 18.1 Å². The minimum absolute atomic E-state index is 0.239. The van der Waals surface area contributed by atoms with Crippen molar-refractivity contribution in [3.63, 3.8) is 0 Å². The molecule has 2 amide bonds. The molecule has 0 saturated heterocycles. The molecule has 0 aliphatic heterocycles. The molecule has 2 aromatic heterocycles. The second-order valence-corrected chi connectivity index (χ2v) is 5.90. The van der Waals surface area contributed by atoms with Gasteiger partial charge in [0.2, 0.25) is 5.91 Å². The topological polar surface area (TPSA) is 107 Å². The number of ether oxygens (including phenoxy) is 1. The Kier molecular flexibility index (Phi) is 5.41. The van der Waals surface area contributed by atoms with Crippen LogP contribution in [0.1, 0.15) is 31.8 Å². The fraction of sp³-hybridized carbons (Fsp3) is 0.100. The molecular formula is C20H18N4O3. The number of aryl methyl sites for hydroxylation is 1. The number of primary amides is 1. The van der Waals surface area contributed by atoms with Gasteiger partial charge in [-0.05, 0) is 48.4 Å². The molecule has 2 heterocycles. The predicted molar refractivity (Wildman–Crippen MR) is 100 cm³/mol. The monoisotopic (exact) mass is 362 g/mol. The Morgan fingerprint density at radius 1 is 1.07 bits per heavy atom. The van der Waals surface area contributed by atoms with E-state index in [1.54, 1.807) is 24.4 Å². The molecule has 3 aromatic rings. The van der Waals surface area contributed by atoms with Crippen molar-refractivity contribution in [2.45, 2.75) is 13.5 Å². The number of carbonyl (C=O) groups is 2. The molecule has 0 aliphatic carbocycles. The molecule has 0 bridgehead atoms. The summed E-state index contributed by atoms with van der Waals surface area (Å²) < 4.78 is 5.72. The highest BCUT2D eigenvalue weighted by molar-refractivity contribution is 6.04. The molecule has 1 aromatic carbocycles. The number of carbonyl (C=O) groups excluding carboxylic acids is 2. The highest BCUT2D eigenvalue weighted by Gasteiger charge is 2.09. The lowest BCUT2D eigenvalue weighted by Crippen LogP contribution is -2.12. The zero-order valence-electron chi connectivity index (χ0n) is 14.7. The van der Waals surface area contributed by atoms with Crippen molar-refractivity contribution in [2.24, 2.45) is 5.73 Å². The first-order valence-electron chi connectivity index (χ1n) is 8.21. The van der Waals surface area contributed by atoms with Crippen molar-refractivity contribution in [1.29, 1.82) is 0 Å². The number of anilines is 1. The summed E-state index contributed by atoms with van der Waals surface area (Å²) in [5.74, 6) is -0.364. The molecule has 0 spiro atoms. The fourth-order valence-electron chi connectivity index (χ4n) is 2.40. The van der Waals surface area contributed by atoms with E-state index >= 15 is 0 Å². The number of nitrogens with one attached hydrogen (secondary N) is 1. The molecule has 136 valence electrons. The molecule has 0 saturated carbocycles. The van der Waals surface area contributed by atoms with Crippen molar-refractivity contribution in [1.82, 2.24) is 9.97 Å². The van der Waals surface area contributed by atoms with Crippen LogP contribution in [0.2, 0.25) is 0 Å². The van der Waals surface area contributed by atoms with Gasteiger partial charge in [0.15, 0.2) is 0 Å². The number of nitrogens with zero attached hydrogens (tertiary/aromatic N) is 2. The zero-order chi connectivity index (χ0) is 19.2. The molecule has 7 nitrogen and oxygen atoms in total. The van der Waals surface area contributed by atoms with Gasteiger partial charge in [-0.2, -0.15) is 0 Å². The Morgan fingerprint density at radius 2 is 1.89 bits per heavy atom. The van der Waals surface area contributed by atoms with Gasteiger partial charge in [-0.25, -0.2) is 0 Å². The molecule has 0 radical (unpaired) electrons. The van der Waals surface area contributed by atoms with Gasteiger partial charge in [-0.3, -0.25) is 19.6 Å². The quantitative estimate of drug-likeness (QED) is 0.701. The summed E-state index contributed by atoms with van der Waals surface area (Å²) in [6.45, 7) is 2.20. The van der Waals surface area contributed by atoms with E-state index < -0.39 is 5.91 Å². The van der Waals surface area contributed by atoms with E-state index in [0.29, 0.717) is 17.0 Å². The Hall–Kier alpha value is -3.74. The van der Waals surface area contributed by atoms with Crippen molar-refractivity contribution < 1.29 is 14.3 Å². The van der Waals surface area contributed by atoms with Crippen LogP contribution < -0.4 is 15.8 Å². The Labute approximate surface area is 156 Å². The lowest BCUT2D eigenvalue weighted by atomic mass is 10.1. The number of hydrogen-bond acceptors (Lipinski definition) is 5. The molecule has 0 aliphatic rings. The second kappa shape index (κ2) is 8.09. The van der Waals surface area contributed by atoms with Crippen LogP contribution in [-0.4, -0.2) is 21.8 Å². The Bertz CT molecular complexity index is 974. The minimum atomic E-state index is -0.566. The van der Waals surface area contributed by atoms with E-state index in [9.17, 15) is 9.59 Å². The molecule has 0 fully saturated rings. The van der Waals surface area contributed by atoms with Crippen LogP contribution in [0.4, 0.5) is 5.69 Å². The highest BCUT2D eigenvalue weighted by Crippen LogP contribution is 2.19. The number of pyridine rings is 2. The van der Waals surface area contributed by atoms with Crippen molar-refractivity contribution in [2.75, 3.05) is 5.32 Å². The summed E-state index contributed by atoms with van der Waals surface area (Å²) in [7, 11) is 0. The van der Waals surface area contributed by atoms with Gasteiger partial charge in [0.25, 0.3) is 5.91 Å². The number of aromatic nitrogens is 2. The SMILES string of the molecule is Cc1ccc(NC(=O)c2cccnc2)cc1COc1cncc(C(N)=O)c1. The van der Waals surface area contributed by atoms with Crippen LogP contribution in [0.15, 0.2) is 61.2 Å². The van der Waals surface area contributed by atoms with Gasteiger partial charge in [0.05, 0.1) is 17.3 Å². The summed E-state index contributed by atoms with van der Waals surface area (Å²) in [6, 6.07) is 10.5. The summed E-state index contributed by atoms with van der Waals surface area (Å²) in [5, 5.41) is 2.84. The van der Waals surface area contributed by atoms with Gasteiger partial charge in [0, 0.05) is 24.3 Å². The predicted octanol–water partition coefficient (Wildman–Crippen LogP) is 2.72. The Morgan fingerprint density at radius 3 is 2.63 bits per heavy atom. The lowest BCUT2D eigenvalue weighted by Gasteiger charge is -2.12. The maximum Gasteiger partial charge on any atom is 0.257 e. The second-order valence-electron chi connectivity index (χ2n) is 5.90. The van der Waals surface area contributed by atoms with E-state index in [0.717, 1.165) is 11.1 Å². The average Bonchev–Trinajstić information content (AvgIpc) is 2.69. The molecule has 3 rings (SSSR count). The number of hydrogen-bond donors (Lipinski definition) is 2. The molecule has 3 N–H and O–H groups in total. The van der Waals surface area contributed by atoms with Crippen LogP contribution in [0.25, 0.3) is 0 Å². The molecular weight excluding hydrogens is 344 g/mol. The average molecular weight is 362 g/mol. The maximum atomic E-state index is 12.3.